The number of aromatic nitrogens is 3. The number of benzene rings is 2. The van der Waals surface area contributed by atoms with Crippen molar-refractivity contribution in [3.8, 4) is 17.1 Å². The van der Waals surface area contributed by atoms with Crippen molar-refractivity contribution >= 4 is 50.3 Å². The van der Waals surface area contributed by atoms with Crippen molar-refractivity contribution in [2.75, 3.05) is 7.11 Å². The van der Waals surface area contributed by atoms with Gasteiger partial charge in [0.15, 0.2) is 5.82 Å². The van der Waals surface area contributed by atoms with Gasteiger partial charge >= 0.3 is 0 Å². The Morgan fingerprint density at radius 3 is 2.71 bits per heavy atom. The Morgan fingerprint density at radius 2 is 2.00 bits per heavy atom. The van der Waals surface area contributed by atoms with Gasteiger partial charge in [-0.15, -0.1) is 0 Å². The summed E-state index contributed by atoms with van der Waals surface area (Å²) in [6, 6.07) is 13.6. The number of H-pyrrole nitrogens is 1. The van der Waals surface area contributed by atoms with Crippen LogP contribution in [0.3, 0.4) is 0 Å². The quantitative estimate of drug-likeness (QED) is 0.432. The van der Waals surface area contributed by atoms with E-state index in [-0.39, 0.29) is 0 Å². The van der Waals surface area contributed by atoms with Crippen LogP contribution < -0.4 is 4.74 Å². The molecule has 0 aliphatic rings. The summed E-state index contributed by atoms with van der Waals surface area (Å²) in [5, 5.41) is 11.5. The number of nitrogens with one attached hydrogen (secondary N) is 1. The second kappa shape index (κ2) is 7.42. The van der Waals surface area contributed by atoms with Crippen LogP contribution in [0.2, 0.25) is 0 Å². The van der Waals surface area contributed by atoms with Crippen LogP contribution in [0.25, 0.3) is 11.4 Å². The molecule has 0 amide bonds. The highest BCUT2D eigenvalue weighted by Gasteiger charge is 2.10. The highest BCUT2D eigenvalue weighted by Crippen LogP contribution is 2.31. The molecule has 0 aliphatic carbocycles. The van der Waals surface area contributed by atoms with E-state index in [4.69, 9.17) is 17.0 Å². The van der Waals surface area contributed by atoms with Crippen LogP contribution in [-0.2, 0) is 0 Å². The molecule has 0 saturated heterocycles. The Labute approximate surface area is 160 Å². The standard InChI is InChI=1S/C16H12Br2N4OS/c1-23-14-11(7-12(17)8-13(14)18)9-19-22-15(20-21-16(22)24)10-5-3-2-4-6-10/h2-9H,1H3,(H,21,24). The van der Waals surface area contributed by atoms with Crippen LogP contribution in [0.4, 0.5) is 0 Å². The fourth-order valence-electron chi connectivity index (χ4n) is 2.18. The molecule has 1 aromatic heterocycles. The molecule has 0 radical (unpaired) electrons. The molecule has 0 unspecified atom stereocenters. The fourth-order valence-corrected chi connectivity index (χ4v) is 3.78. The Morgan fingerprint density at radius 1 is 1.25 bits per heavy atom. The van der Waals surface area contributed by atoms with Gasteiger partial charge in [0.1, 0.15) is 5.75 Å². The molecule has 122 valence electrons. The predicted molar refractivity (Wildman–Crippen MR) is 104 cm³/mol. The molecule has 0 saturated carbocycles. The first kappa shape index (κ1) is 17.1. The summed E-state index contributed by atoms with van der Waals surface area (Å²) in [5.74, 6) is 1.34. The lowest BCUT2D eigenvalue weighted by atomic mass is 10.2. The number of aromatic amines is 1. The summed E-state index contributed by atoms with van der Waals surface area (Å²) in [7, 11) is 1.62. The lowest BCUT2D eigenvalue weighted by molar-refractivity contribution is 0.411. The number of halogens is 2. The third-order valence-electron chi connectivity index (χ3n) is 3.24. The van der Waals surface area contributed by atoms with Gasteiger partial charge in [0.05, 0.1) is 17.8 Å². The lowest BCUT2D eigenvalue weighted by Crippen LogP contribution is -1.97. The zero-order valence-corrected chi connectivity index (χ0v) is 16.5. The molecular formula is C16H12Br2N4OS. The molecule has 0 atom stereocenters. The highest BCUT2D eigenvalue weighted by molar-refractivity contribution is 9.11. The first-order valence-corrected chi connectivity index (χ1v) is 8.90. The van der Waals surface area contributed by atoms with Gasteiger partial charge in [-0.05, 0) is 40.3 Å². The van der Waals surface area contributed by atoms with Crippen LogP contribution >= 0.6 is 44.1 Å². The minimum atomic E-state index is 0.415. The maximum absolute atomic E-state index is 5.43. The number of ether oxygens (including phenoxy) is 1. The molecule has 3 aromatic rings. The second-order valence-corrected chi connectivity index (χ2v) is 6.94. The molecule has 0 spiro atoms. The van der Waals surface area contributed by atoms with E-state index in [1.165, 1.54) is 0 Å². The first-order chi connectivity index (χ1) is 11.6. The van der Waals surface area contributed by atoms with E-state index in [1.807, 2.05) is 42.5 Å². The zero-order chi connectivity index (χ0) is 17.1. The maximum Gasteiger partial charge on any atom is 0.216 e. The Balaban J connectivity index is 2.06. The molecule has 24 heavy (non-hydrogen) atoms. The van der Waals surface area contributed by atoms with Crippen LogP contribution in [0, 0.1) is 4.77 Å². The topological polar surface area (TPSA) is 55.2 Å². The van der Waals surface area contributed by atoms with E-state index in [0.29, 0.717) is 16.3 Å². The molecule has 5 nitrogen and oxygen atoms in total. The van der Waals surface area contributed by atoms with Crippen LogP contribution in [0.5, 0.6) is 5.75 Å². The Kier molecular flexibility index (Phi) is 5.27. The Bertz CT molecular complexity index is 950. The van der Waals surface area contributed by atoms with Gasteiger partial charge in [0, 0.05) is 15.6 Å². The van der Waals surface area contributed by atoms with Gasteiger partial charge < -0.3 is 4.74 Å². The maximum atomic E-state index is 5.43. The second-order valence-electron chi connectivity index (χ2n) is 4.78. The van der Waals surface area contributed by atoms with Gasteiger partial charge in [0.2, 0.25) is 4.77 Å². The minimum absolute atomic E-state index is 0.415. The summed E-state index contributed by atoms with van der Waals surface area (Å²) in [6.07, 6.45) is 1.69. The van der Waals surface area contributed by atoms with E-state index in [2.05, 4.69) is 47.2 Å². The molecule has 8 heteroatoms. The van der Waals surface area contributed by atoms with E-state index in [9.17, 15) is 0 Å². The Hall–Kier alpha value is -1.77. The smallest absolute Gasteiger partial charge is 0.216 e. The molecule has 3 rings (SSSR count). The normalized spacial score (nSPS) is 11.1. The molecule has 1 N–H and O–H groups in total. The van der Waals surface area contributed by atoms with Crippen molar-refractivity contribution in [3.63, 3.8) is 0 Å². The summed E-state index contributed by atoms with van der Waals surface area (Å²) in [6.45, 7) is 0. The van der Waals surface area contributed by atoms with Crippen molar-refractivity contribution in [1.82, 2.24) is 14.9 Å². The first-order valence-electron chi connectivity index (χ1n) is 6.90. The summed E-state index contributed by atoms with van der Waals surface area (Å²) < 4.78 is 9.17. The van der Waals surface area contributed by atoms with Gasteiger partial charge in [-0.2, -0.15) is 14.9 Å². The molecule has 0 fully saturated rings. The van der Waals surface area contributed by atoms with Crippen LogP contribution in [0.15, 0.2) is 56.5 Å². The van der Waals surface area contributed by atoms with Crippen molar-refractivity contribution in [1.29, 1.82) is 0 Å². The third-order valence-corrected chi connectivity index (χ3v) is 4.55. The predicted octanol–water partition coefficient (Wildman–Crippen LogP) is 5.02. The average molecular weight is 468 g/mol. The SMILES string of the molecule is COc1c(Br)cc(Br)cc1C=Nn1c(-c2ccccc2)n[nH]c1=S. The molecule has 0 bridgehead atoms. The van der Waals surface area contributed by atoms with Gasteiger partial charge in [-0.1, -0.05) is 46.3 Å². The van der Waals surface area contributed by atoms with Crippen molar-refractivity contribution in [3.05, 3.63) is 61.7 Å². The average Bonchev–Trinajstić information content (AvgIpc) is 2.94. The van der Waals surface area contributed by atoms with Crippen molar-refractivity contribution < 1.29 is 4.74 Å². The van der Waals surface area contributed by atoms with Gasteiger partial charge in [0.25, 0.3) is 0 Å². The molecule has 1 heterocycles. The summed E-state index contributed by atoms with van der Waals surface area (Å²) in [5.41, 5.74) is 1.73. The van der Waals surface area contributed by atoms with E-state index in [1.54, 1.807) is 18.0 Å². The largest absolute Gasteiger partial charge is 0.495 e. The lowest BCUT2D eigenvalue weighted by Gasteiger charge is -2.08. The van der Waals surface area contributed by atoms with Crippen LogP contribution in [0.1, 0.15) is 5.56 Å². The van der Waals surface area contributed by atoms with Crippen LogP contribution in [-0.4, -0.2) is 28.2 Å². The molecule has 2 aromatic carbocycles. The minimum Gasteiger partial charge on any atom is -0.495 e. The van der Waals surface area contributed by atoms with Crippen molar-refractivity contribution in [2.45, 2.75) is 0 Å². The number of hydrogen-bond donors (Lipinski definition) is 1. The summed E-state index contributed by atoms with van der Waals surface area (Å²) >= 11 is 12.2. The monoisotopic (exact) mass is 466 g/mol. The highest BCUT2D eigenvalue weighted by atomic mass is 79.9. The fraction of sp³-hybridized carbons (Fsp3) is 0.0625. The van der Waals surface area contributed by atoms with E-state index in [0.717, 1.165) is 20.1 Å². The van der Waals surface area contributed by atoms with E-state index < -0.39 is 0 Å². The van der Waals surface area contributed by atoms with Gasteiger partial charge in [-0.25, -0.2) is 5.10 Å². The van der Waals surface area contributed by atoms with Crippen molar-refractivity contribution in [2.24, 2.45) is 5.10 Å². The number of methoxy groups -OCH3 is 1. The molecule has 0 aliphatic heterocycles. The third kappa shape index (κ3) is 3.50. The van der Waals surface area contributed by atoms with E-state index >= 15 is 0 Å². The number of nitrogens with zero attached hydrogens (tertiary/aromatic N) is 3. The zero-order valence-electron chi connectivity index (χ0n) is 12.5. The number of hydrogen-bond acceptors (Lipinski definition) is 4. The summed E-state index contributed by atoms with van der Waals surface area (Å²) in [4.78, 5) is 0. The number of rotatable bonds is 4. The molecular weight excluding hydrogens is 456 g/mol. The van der Waals surface area contributed by atoms with Gasteiger partial charge in [-0.3, -0.25) is 0 Å².